The number of hydrogen-bond donors (Lipinski definition) is 0. The number of rotatable bonds is 9. The highest BCUT2D eigenvalue weighted by atomic mass is 16.5. The summed E-state index contributed by atoms with van der Waals surface area (Å²) in [7, 11) is 0. The second kappa shape index (κ2) is 13.3. The molecule has 1 fully saturated rings. The van der Waals surface area contributed by atoms with Crippen LogP contribution in [0.25, 0.3) is 0 Å². The maximum Gasteiger partial charge on any atom is 0.222 e. The molecule has 1 aliphatic heterocycles. The van der Waals surface area contributed by atoms with Gasteiger partial charge in [-0.05, 0) is 45.4 Å². The molecule has 0 bridgehead atoms. The smallest absolute Gasteiger partial charge is 0.222 e. The Morgan fingerprint density at radius 3 is 2.12 bits per heavy atom. The lowest BCUT2D eigenvalue weighted by molar-refractivity contribution is -0.132. The summed E-state index contributed by atoms with van der Waals surface area (Å²) < 4.78 is 5.45. The Balaban J connectivity index is 0.000000485. The van der Waals surface area contributed by atoms with Crippen molar-refractivity contribution in [3.05, 3.63) is 0 Å². The fraction of sp³-hybridized carbons (Fsp3) is 0.909. The van der Waals surface area contributed by atoms with Gasteiger partial charge in [0.25, 0.3) is 0 Å². The van der Waals surface area contributed by atoms with E-state index < -0.39 is 0 Å². The molecular weight excluding hydrogens is 326 g/mol. The largest absolute Gasteiger partial charge is 0.379 e. The normalized spacial score (nSPS) is 15.6. The molecule has 0 aromatic rings. The Kier molecular flexibility index (Phi) is 12.8. The Labute approximate surface area is 162 Å². The molecule has 0 aromatic heterocycles. The number of piperidine rings is 1. The van der Waals surface area contributed by atoms with E-state index in [0.717, 1.165) is 31.8 Å². The Hall–Kier alpha value is -0.900. The van der Waals surface area contributed by atoms with Crippen molar-refractivity contribution in [2.45, 2.75) is 99.5 Å². The van der Waals surface area contributed by atoms with E-state index in [1.807, 2.05) is 46.4 Å². The highest BCUT2D eigenvalue weighted by Crippen LogP contribution is 2.24. The molecule has 0 spiro atoms. The molecule has 154 valence electrons. The maximum absolute atomic E-state index is 11.7. The van der Waals surface area contributed by atoms with Crippen molar-refractivity contribution in [3.8, 4) is 0 Å². The van der Waals surface area contributed by atoms with E-state index in [2.05, 4.69) is 6.92 Å². The van der Waals surface area contributed by atoms with E-state index >= 15 is 0 Å². The molecule has 1 heterocycles. The highest BCUT2D eigenvalue weighted by Gasteiger charge is 2.26. The minimum atomic E-state index is -0.217. The second-order valence-electron chi connectivity index (χ2n) is 8.31. The van der Waals surface area contributed by atoms with Gasteiger partial charge in [-0.25, -0.2) is 0 Å². The SMILES string of the molecule is CCC(=O)N1CCC(CC)CC1.CCCC(=O)C(C)(C)CCOC(C)C. The Bertz CT molecular complexity index is 396. The van der Waals surface area contributed by atoms with E-state index in [1.165, 1.54) is 19.3 Å². The molecule has 4 nitrogen and oxygen atoms in total. The van der Waals surface area contributed by atoms with Gasteiger partial charge in [0.1, 0.15) is 5.78 Å². The summed E-state index contributed by atoms with van der Waals surface area (Å²) in [6.45, 7) is 16.9. The number of ketones is 1. The lowest BCUT2D eigenvalue weighted by Crippen LogP contribution is -2.37. The first-order valence-corrected chi connectivity index (χ1v) is 10.6. The first-order valence-electron chi connectivity index (χ1n) is 10.6. The molecule has 1 aliphatic rings. The van der Waals surface area contributed by atoms with Crippen LogP contribution in [-0.2, 0) is 14.3 Å². The van der Waals surface area contributed by atoms with Crippen molar-refractivity contribution in [2.24, 2.45) is 11.3 Å². The van der Waals surface area contributed by atoms with E-state index in [4.69, 9.17) is 4.74 Å². The van der Waals surface area contributed by atoms with Crippen molar-refractivity contribution < 1.29 is 14.3 Å². The van der Waals surface area contributed by atoms with Gasteiger partial charge in [-0.2, -0.15) is 0 Å². The van der Waals surface area contributed by atoms with Gasteiger partial charge in [-0.15, -0.1) is 0 Å². The van der Waals surface area contributed by atoms with Gasteiger partial charge in [-0.3, -0.25) is 9.59 Å². The van der Waals surface area contributed by atoms with Crippen molar-refractivity contribution in [2.75, 3.05) is 19.7 Å². The molecule has 0 aromatic carbocycles. The number of Topliss-reactive ketones (excluding diaryl/α,β-unsaturated/α-hetero) is 1. The van der Waals surface area contributed by atoms with Crippen molar-refractivity contribution >= 4 is 11.7 Å². The van der Waals surface area contributed by atoms with Crippen LogP contribution in [0.15, 0.2) is 0 Å². The minimum absolute atomic E-state index is 0.217. The maximum atomic E-state index is 11.7. The molecule has 1 rings (SSSR count). The fourth-order valence-electron chi connectivity index (χ4n) is 3.07. The van der Waals surface area contributed by atoms with Gasteiger partial charge in [0.05, 0.1) is 6.10 Å². The first kappa shape index (κ1) is 25.1. The summed E-state index contributed by atoms with van der Waals surface area (Å²) in [5.74, 6) is 1.54. The molecule has 0 atom stereocenters. The summed E-state index contributed by atoms with van der Waals surface area (Å²) in [6, 6.07) is 0. The number of nitrogens with zero attached hydrogens (tertiary/aromatic N) is 1. The number of ether oxygens (including phenoxy) is 1. The first-order chi connectivity index (χ1) is 12.2. The number of likely N-dealkylation sites (tertiary alicyclic amines) is 1. The fourth-order valence-corrected chi connectivity index (χ4v) is 3.07. The third-order valence-electron chi connectivity index (χ3n) is 5.26. The molecule has 0 saturated carbocycles. The molecule has 0 aliphatic carbocycles. The molecule has 0 unspecified atom stereocenters. The topological polar surface area (TPSA) is 46.6 Å². The third-order valence-corrected chi connectivity index (χ3v) is 5.26. The number of carbonyl (C=O) groups excluding carboxylic acids is 2. The van der Waals surface area contributed by atoms with E-state index in [0.29, 0.717) is 31.1 Å². The van der Waals surface area contributed by atoms with Crippen LogP contribution in [0.1, 0.15) is 93.4 Å². The summed E-state index contributed by atoms with van der Waals surface area (Å²) in [4.78, 5) is 25.0. The van der Waals surface area contributed by atoms with Gasteiger partial charge < -0.3 is 9.64 Å². The number of hydrogen-bond acceptors (Lipinski definition) is 3. The van der Waals surface area contributed by atoms with Crippen molar-refractivity contribution in [1.29, 1.82) is 0 Å². The lowest BCUT2D eigenvalue weighted by Gasteiger charge is -2.31. The number of amides is 1. The molecular formula is C22H43NO3. The zero-order chi connectivity index (χ0) is 20.2. The van der Waals surface area contributed by atoms with Crippen LogP contribution < -0.4 is 0 Å². The predicted molar refractivity (Wildman–Crippen MR) is 109 cm³/mol. The predicted octanol–water partition coefficient (Wildman–Crippen LogP) is 5.24. The van der Waals surface area contributed by atoms with Gasteiger partial charge >= 0.3 is 0 Å². The summed E-state index contributed by atoms with van der Waals surface area (Å²) >= 11 is 0. The average molecular weight is 370 g/mol. The van der Waals surface area contributed by atoms with Crippen LogP contribution in [0.5, 0.6) is 0 Å². The standard InChI is InChI=1S/C12H24O2.C10H19NO/c1-6-7-11(13)12(4,5)8-9-14-10(2)3;1-3-9-5-7-11(8-6-9)10(12)4-2/h10H,6-9H2,1-5H3;9H,3-8H2,1-2H3. The van der Waals surface area contributed by atoms with Crippen molar-refractivity contribution in [1.82, 2.24) is 4.90 Å². The van der Waals surface area contributed by atoms with E-state index in [-0.39, 0.29) is 11.5 Å². The minimum Gasteiger partial charge on any atom is -0.379 e. The average Bonchev–Trinajstić information content (AvgIpc) is 2.61. The van der Waals surface area contributed by atoms with Crippen LogP contribution in [0.4, 0.5) is 0 Å². The molecule has 26 heavy (non-hydrogen) atoms. The van der Waals surface area contributed by atoms with E-state index in [1.54, 1.807) is 0 Å². The zero-order valence-electron chi connectivity index (χ0n) is 18.4. The summed E-state index contributed by atoms with van der Waals surface area (Å²) in [6.07, 6.45) is 7.06. The second-order valence-corrected chi connectivity index (χ2v) is 8.31. The van der Waals surface area contributed by atoms with Crippen LogP contribution in [0.3, 0.4) is 0 Å². The Morgan fingerprint density at radius 1 is 1.12 bits per heavy atom. The van der Waals surface area contributed by atoms with Gasteiger partial charge in [0, 0.05) is 38.0 Å². The highest BCUT2D eigenvalue weighted by molar-refractivity contribution is 5.83. The van der Waals surface area contributed by atoms with Crippen LogP contribution in [0, 0.1) is 11.3 Å². The van der Waals surface area contributed by atoms with Crippen LogP contribution in [0.2, 0.25) is 0 Å². The van der Waals surface area contributed by atoms with Crippen LogP contribution >= 0.6 is 0 Å². The molecule has 0 radical (unpaired) electrons. The molecule has 1 saturated heterocycles. The van der Waals surface area contributed by atoms with Gasteiger partial charge in [-0.1, -0.05) is 41.0 Å². The summed E-state index contributed by atoms with van der Waals surface area (Å²) in [5, 5.41) is 0. The quantitative estimate of drug-likeness (QED) is 0.558. The molecule has 4 heteroatoms. The monoisotopic (exact) mass is 369 g/mol. The zero-order valence-corrected chi connectivity index (χ0v) is 18.4. The lowest BCUT2D eigenvalue weighted by atomic mass is 9.83. The van der Waals surface area contributed by atoms with Gasteiger partial charge in [0.15, 0.2) is 0 Å². The molecule has 1 amide bonds. The van der Waals surface area contributed by atoms with Gasteiger partial charge in [0.2, 0.25) is 5.91 Å². The summed E-state index contributed by atoms with van der Waals surface area (Å²) in [5.41, 5.74) is -0.217. The third kappa shape index (κ3) is 10.3. The Morgan fingerprint density at radius 2 is 1.69 bits per heavy atom. The van der Waals surface area contributed by atoms with Crippen molar-refractivity contribution in [3.63, 3.8) is 0 Å². The number of carbonyl (C=O) groups is 2. The van der Waals surface area contributed by atoms with E-state index in [9.17, 15) is 9.59 Å². The van der Waals surface area contributed by atoms with Crippen LogP contribution in [-0.4, -0.2) is 42.4 Å². The molecule has 0 N–H and O–H groups in total.